The summed E-state index contributed by atoms with van der Waals surface area (Å²) >= 11 is 6.41. The van der Waals surface area contributed by atoms with E-state index in [0.29, 0.717) is 21.6 Å². The van der Waals surface area contributed by atoms with E-state index in [2.05, 4.69) is 15.0 Å². The highest BCUT2D eigenvalue weighted by atomic mass is 32.2. The van der Waals surface area contributed by atoms with Gasteiger partial charge in [-0.05, 0) is 5.75 Å². The zero-order chi connectivity index (χ0) is 17.9. The fourth-order valence-corrected chi connectivity index (χ4v) is 3.51. The summed E-state index contributed by atoms with van der Waals surface area (Å²) in [5.74, 6) is 0.610. The highest BCUT2D eigenvalue weighted by Crippen LogP contribution is 2.31. The Labute approximate surface area is 147 Å². The molecule has 0 unspecified atom stereocenters. The third-order valence-electron chi connectivity index (χ3n) is 3.56. The van der Waals surface area contributed by atoms with Crippen molar-refractivity contribution < 1.29 is 25.5 Å². The number of nitrogens with one attached hydrogen (secondary N) is 1. The van der Waals surface area contributed by atoms with Crippen molar-refractivity contribution in [2.45, 2.75) is 36.7 Å². The number of thioether (sulfide) groups is 1. The topological polar surface area (TPSA) is 148 Å². The average molecular weight is 376 g/mol. The molecule has 0 saturated heterocycles. The van der Waals surface area contributed by atoms with Crippen molar-refractivity contribution in [2.75, 3.05) is 12.4 Å². The largest absolute Gasteiger partial charge is 0.394 e. The summed E-state index contributed by atoms with van der Waals surface area (Å²) in [7, 11) is 0. The van der Waals surface area contributed by atoms with Gasteiger partial charge in [-0.3, -0.25) is 0 Å². The molecule has 0 aliphatic heterocycles. The molecule has 24 heavy (non-hydrogen) atoms. The fraction of sp³-hybridized carbons (Fsp3) is 0.615. The van der Waals surface area contributed by atoms with Gasteiger partial charge in [0.2, 0.25) is 0 Å². The summed E-state index contributed by atoms with van der Waals surface area (Å²) in [6, 6.07) is 0. The number of nitrogens with zero attached hydrogens (tertiary/aromatic N) is 3. The first-order valence-corrected chi connectivity index (χ1v) is 8.73. The van der Waals surface area contributed by atoms with E-state index >= 15 is 0 Å². The van der Waals surface area contributed by atoms with Crippen molar-refractivity contribution in [2.24, 2.45) is 0 Å². The molecule has 0 amide bonds. The number of aliphatic hydroxyl groups excluding tert-OH is 5. The summed E-state index contributed by atoms with van der Waals surface area (Å²) < 4.78 is 1.89. The van der Waals surface area contributed by atoms with Gasteiger partial charge in [-0.2, -0.15) is 0 Å². The number of rotatable bonds is 8. The molecule has 11 heteroatoms. The predicted octanol–water partition coefficient (Wildman–Crippen LogP) is -0.824. The lowest BCUT2D eigenvalue weighted by Gasteiger charge is -2.31. The van der Waals surface area contributed by atoms with Crippen LogP contribution in [0.2, 0.25) is 0 Å². The standard InChI is InChI=1S/C13H20N4O5S2/c1-2-24-13(10(22)9(21)8(20)6(19)3-18)17-5-16-7-11(17)14-4-15-12(7)23/h4-6,8-10,13,18-22H,2-3H2,1H3,(H,14,15,23)/t6-,8-,9-,10+,13-/m1/s1. The molecule has 5 atom stereocenters. The van der Waals surface area contributed by atoms with Gasteiger partial charge in [-0.15, -0.1) is 11.8 Å². The van der Waals surface area contributed by atoms with Crippen molar-refractivity contribution in [3.8, 4) is 0 Å². The second-order valence-electron chi connectivity index (χ2n) is 5.12. The molecule has 0 aliphatic rings. The molecule has 2 aromatic rings. The van der Waals surface area contributed by atoms with Crippen LogP contribution < -0.4 is 0 Å². The van der Waals surface area contributed by atoms with Crippen molar-refractivity contribution in [1.82, 2.24) is 19.5 Å². The minimum atomic E-state index is -1.69. The lowest BCUT2D eigenvalue weighted by molar-refractivity contribution is -0.118. The van der Waals surface area contributed by atoms with E-state index in [4.69, 9.17) is 17.3 Å². The molecule has 0 fully saturated rings. The summed E-state index contributed by atoms with van der Waals surface area (Å²) in [5.41, 5.74) is 0.969. The van der Waals surface area contributed by atoms with E-state index in [1.807, 2.05) is 6.92 Å². The van der Waals surface area contributed by atoms with E-state index in [1.165, 1.54) is 24.4 Å². The third-order valence-corrected chi connectivity index (χ3v) is 5.04. The van der Waals surface area contributed by atoms with Crippen LogP contribution in [0.3, 0.4) is 0 Å². The highest BCUT2D eigenvalue weighted by Gasteiger charge is 2.36. The van der Waals surface area contributed by atoms with Crippen LogP contribution in [0.1, 0.15) is 12.3 Å². The average Bonchev–Trinajstić information content (AvgIpc) is 3.02. The van der Waals surface area contributed by atoms with Crippen LogP contribution in [0.5, 0.6) is 0 Å². The Morgan fingerprint density at radius 2 is 1.92 bits per heavy atom. The molecule has 0 radical (unpaired) electrons. The normalized spacial score (nSPS) is 18.2. The second-order valence-corrected chi connectivity index (χ2v) is 6.90. The number of aliphatic hydroxyl groups is 5. The van der Waals surface area contributed by atoms with Crippen molar-refractivity contribution in [3.63, 3.8) is 0 Å². The zero-order valence-corrected chi connectivity index (χ0v) is 14.5. The monoisotopic (exact) mass is 376 g/mol. The Morgan fingerprint density at radius 3 is 2.54 bits per heavy atom. The lowest BCUT2D eigenvalue weighted by Crippen LogP contribution is -2.48. The van der Waals surface area contributed by atoms with Crippen LogP contribution in [-0.2, 0) is 0 Å². The second kappa shape index (κ2) is 8.34. The van der Waals surface area contributed by atoms with Crippen LogP contribution in [-0.4, -0.2) is 81.8 Å². The van der Waals surface area contributed by atoms with Crippen LogP contribution in [0, 0.1) is 4.64 Å². The maximum atomic E-state index is 10.5. The Morgan fingerprint density at radius 1 is 1.21 bits per heavy atom. The van der Waals surface area contributed by atoms with Crippen LogP contribution in [0.25, 0.3) is 11.2 Å². The molecule has 2 heterocycles. The van der Waals surface area contributed by atoms with E-state index in [-0.39, 0.29) is 0 Å². The Kier molecular flexibility index (Phi) is 6.69. The minimum absolute atomic E-state index is 0.300. The molecule has 0 spiro atoms. The van der Waals surface area contributed by atoms with Crippen LogP contribution >= 0.6 is 24.0 Å². The van der Waals surface area contributed by atoms with Gasteiger partial charge in [0.05, 0.1) is 19.3 Å². The lowest BCUT2D eigenvalue weighted by atomic mass is 10.0. The van der Waals surface area contributed by atoms with Gasteiger partial charge in [0, 0.05) is 0 Å². The van der Waals surface area contributed by atoms with E-state index in [9.17, 15) is 20.4 Å². The number of aromatic nitrogens is 4. The first-order chi connectivity index (χ1) is 11.4. The molecule has 6 N–H and O–H groups in total. The SMILES string of the molecule is CCS[C@H]([C@@H](O)[C@H](O)[C@H](O)[C@H](O)CO)n1cnc2c(=S)nc[nH]c21. The molecule has 2 aromatic heterocycles. The summed E-state index contributed by atoms with van der Waals surface area (Å²) in [6.45, 7) is 1.14. The maximum absolute atomic E-state index is 10.5. The van der Waals surface area contributed by atoms with Crippen molar-refractivity contribution in [1.29, 1.82) is 0 Å². The first kappa shape index (κ1) is 19.2. The van der Waals surface area contributed by atoms with Gasteiger partial charge < -0.3 is 35.1 Å². The van der Waals surface area contributed by atoms with Crippen LogP contribution in [0.15, 0.2) is 12.7 Å². The Hall–Kier alpha value is -1.08. The van der Waals surface area contributed by atoms with E-state index in [1.54, 1.807) is 4.57 Å². The number of H-pyrrole nitrogens is 1. The highest BCUT2D eigenvalue weighted by molar-refractivity contribution is 7.99. The minimum Gasteiger partial charge on any atom is -0.394 e. The van der Waals surface area contributed by atoms with Crippen molar-refractivity contribution >= 4 is 35.1 Å². The quantitative estimate of drug-likeness (QED) is 0.325. The molecule has 0 saturated carbocycles. The third kappa shape index (κ3) is 3.77. The number of hydrogen-bond donors (Lipinski definition) is 6. The van der Waals surface area contributed by atoms with Gasteiger partial charge in [0.15, 0.2) is 4.64 Å². The van der Waals surface area contributed by atoms with E-state index in [0.717, 1.165) is 0 Å². The van der Waals surface area contributed by atoms with Gasteiger partial charge >= 0.3 is 0 Å². The molecule has 134 valence electrons. The number of hydrogen-bond acceptors (Lipinski definition) is 9. The summed E-state index contributed by atoms with van der Waals surface area (Å²) in [4.78, 5) is 11.0. The number of fused-ring (bicyclic) bond motifs is 1. The molecule has 9 nitrogen and oxygen atoms in total. The molecule has 0 bridgehead atoms. The van der Waals surface area contributed by atoms with Gasteiger partial charge in [-0.25, -0.2) is 9.97 Å². The van der Waals surface area contributed by atoms with Gasteiger partial charge in [0.25, 0.3) is 0 Å². The smallest absolute Gasteiger partial charge is 0.157 e. The van der Waals surface area contributed by atoms with Gasteiger partial charge in [-0.1, -0.05) is 19.1 Å². The Bertz CT molecular complexity index is 724. The first-order valence-electron chi connectivity index (χ1n) is 7.27. The van der Waals surface area contributed by atoms with Crippen molar-refractivity contribution in [3.05, 3.63) is 17.3 Å². The molecule has 0 aliphatic carbocycles. The Balaban J connectivity index is 2.37. The number of imidazole rings is 1. The zero-order valence-electron chi connectivity index (χ0n) is 12.8. The number of aromatic amines is 1. The van der Waals surface area contributed by atoms with E-state index < -0.39 is 36.4 Å². The summed E-state index contributed by atoms with van der Waals surface area (Å²) in [5, 5.41) is 48.1. The summed E-state index contributed by atoms with van der Waals surface area (Å²) in [6.07, 6.45) is -3.49. The van der Waals surface area contributed by atoms with Crippen LogP contribution in [0.4, 0.5) is 0 Å². The maximum Gasteiger partial charge on any atom is 0.157 e. The predicted molar refractivity (Wildman–Crippen MR) is 91.0 cm³/mol. The molecular formula is C13H20N4O5S2. The molecular weight excluding hydrogens is 356 g/mol. The molecule has 0 aromatic carbocycles. The molecule has 2 rings (SSSR count). The van der Waals surface area contributed by atoms with Gasteiger partial charge in [0.1, 0.15) is 41.0 Å². The fourth-order valence-electron chi connectivity index (χ4n) is 2.29.